The maximum atomic E-state index is 11.6. The van der Waals surface area contributed by atoms with Crippen molar-refractivity contribution in [3.8, 4) is 0 Å². The summed E-state index contributed by atoms with van der Waals surface area (Å²) in [5, 5.41) is 14.8. The predicted molar refractivity (Wildman–Crippen MR) is 74.6 cm³/mol. The normalized spacial score (nSPS) is 14.4. The summed E-state index contributed by atoms with van der Waals surface area (Å²) in [5.74, 6) is -0.252. The molecule has 100 valence electrons. The highest BCUT2D eigenvalue weighted by atomic mass is 32.1. The van der Waals surface area contributed by atoms with Crippen LogP contribution in [0.15, 0.2) is 46.6 Å². The predicted octanol–water partition coefficient (Wildman–Crippen LogP) is 2.38. The Morgan fingerprint density at radius 2 is 2.42 bits per heavy atom. The number of carbonyl (C=O) groups is 1. The summed E-state index contributed by atoms with van der Waals surface area (Å²) in [6.45, 7) is 1.85. The molecule has 2 heterocycles. The van der Waals surface area contributed by atoms with Crippen LogP contribution in [0.5, 0.6) is 0 Å². The molecule has 0 aliphatic rings. The number of rotatable bonds is 5. The first-order valence-corrected chi connectivity index (χ1v) is 6.70. The van der Waals surface area contributed by atoms with Gasteiger partial charge in [0.15, 0.2) is 0 Å². The van der Waals surface area contributed by atoms with Gasteiger partial charge in [0.25, 0.3) is 0 Å². The van der Waals surface area contributed by atoms with Crippen LogP contribution in [0.25, 0.3) is 6.08 Å². The summed E-state index contributed by atoms with van der Waals surface area (Å²) in [7, 11) is 0. The van der Waals surface area contributed by atoms with Crippen molar-refractivity contribution >= 4 is 23.3 Å². The largest absolute Gasteiger partial charge is 0.472 e. The van der Waals surface area contributed by atoms with E-state index in [9.17, 15) is 9.90 Å². The maximum absolute atomic E-state index is 11.6. The molecule has 1 atom stereocenters. The van der Waals surface area contributed by atoms with Crippen LogP contribution in [0.2, 0.25) is 0 Å². The van der Waals surface area contributed by atoms with E-state index in [4.69, 9.17) is 4.42 Å². The number of nitrogens with one attached hydrogen (secondary N) is 1. The van der Waals surface area contributed by atoms with Gasteiger partial charge in [0, 0.05) is 16.5 Å². The van der Waals surface area contributed by atoms with Gasteiger partial charge in [0.2, 0.25) is 5.91 Å². The number of hydrogen-bond acceptors (Lipinski definition) is 4. The standard InChI is InChI=1S/C14H15NO3S/c1-14(17,12-3-2-8-19-12)10-15-13(16)5-4-11-6-7-18-9-11/h2-9,17H,10H2,1H3,(H,15,16). The molecule has 0 aliphatic carbocycles. The third kappa shape index (κ3) is 3.81. The number of thiophene rings is 1. The number of furan rings is 1. The topological polar surface area (TPSA) is 62.5 Å². The first-order valence-electron chi connectivity index (χ1n) is 5.82. The maximum Gasteiger partial charge on any atom is 0.244 e. The molecule has 19 heavy (non-hydrogen) atoms. The summed E-state index contributed by atoms with van der Waals surface area (Å²) < 4.78 is 4.89. The first-order chi connectivity index (χ1) is 9.08. The van der Waals surface area contributed by atoms with Crippen LogP contribution in [0.3, 0.4) is 0 Å². The summed E-state index contributed by atoms with van der Waals surface area (Å²) in [4.78, 5) is 12.4. The van der Waals surface area contributed by atoms with E-state index in [0.717, 1.165) is 10.4 Å². The molecular formula is C14H15NO3S. The molecule has 1 unspecified atom stereocenters. The minimum absolute atomic E-state index is 0.169. The van der Waals surface area contributed by atoms with Gasteiger partial charge in [-0.1, -0.05) is 6.07 Å². The molecule has 0 aliphatic heterocycles. The Kier molecular flexibility index (Phi) is 4.19. The van der Waals surface area contributed by atoms with Crippen molar-refractivity contribution in [2.24, 2.45) is 0 Å². The van der Waals surface area contributed by atoms with Gasteiger partial charge < -0.3 is 14.8 Å². The fourth-order valence-corrected chi connectivity index (χ4v) is 2.32. The Hall–Kier alpha value is -1.85. The van der Waals surface area contributed by atoms with Crippen LogP contribution in [0.1, 0.15) is 17.4 Å². The number of hydrogen-bond donors (Lipinski definition) is 2. The minimum Gasteiger partial charge on any atom is -0.472 e. The van der Waals surface area contributed by atoms with E-state index in [1.807, 2.05) is 17.5 Å². The summed E-state index contributed by atoms with van der Waals surface area (Å²) in [6.07, 6.45) is 6.15. The third-order valence-electron chi connectivity index (χ3n) is 2.63. The zero-order valence-electron chi connectivity index (χ0n) is 10.5. The van der Waals surface area contributed by atoms with Crippen molar-refractivity contribution in [2.45, 2.75) is 12.5 Å². The zero-order chi connectivity index (χ0) is 13.7. The lowest BCUT2D eigenvalue weighted by molar-refractivity contribution is -0.117. The van der Waals surface area contributed by atoms with Gasteiger partial charge in [-0.05, 0) is 30.5 Å². The average Bonchev–Trinajstić information content (AvgIpc) is 3.06. The van der Waals surface area contributed by atoms with E-state index in [0.29, 0.717) is 0 Å². The van der Waals surface area contributed by atoms with E-state index >= 15 is 0 Å². The van der Waals surface area contributed by atoms with Gasteiger partial charge in [0.05, 0.1) is 19.1 Å². The lowest BCUT2D eigenvalue weighted by Crippen LogP contribution is -2.37. The molecule has 2 N–H and O–H groups in total. The van der Waals surface area contributed by atoms with E-state index in [2.05, 4.69) is 5.32 Å². The van der Waals surface area contributed by atoms with E-state index in [-0.39, 0.29) is 12.5 Å². The molecule has 0 bridgehead atoms. The van der Waals surface area contributed by atoms with Gasteiger partial charge in [0.1, 0.15) is 5.60 Å². The molecule has 0 saturated carbocycles. The van der Waals surface area contributed by atoms with Crippen LogP contribution in [0, 0.1) is 0 Å². The van der Waals surface area contributed by atoms with Crippen LogP contribution in [-0.4, -0.2) is 17.6 Å². The second-order valence-corrected chi connectivity index (χ2v) is 5.31. The van der Waals surface area contributed by atoms with Gasteiger partial charge >= 0.3 is 0 Å². The van der Waals surface area contributed by atoms with Crippen LogP contribution < -0.4 is 5.32 Å². The Balaban J connectivity index is 1.87. The zero-order valence-corrected chi connectivity index (χ0v) is 11.3. The molecule has 2 rings (SSSR count). The number of carbonyl (C=O) groups excluding carboxylic acids is 1. The molecule has 2 aromatic rings. The quantitative estimate of drug-likeness (QED) is 0.825. The third-order valence-corrected chi connectivity index (χ3v) is 3.75. The Bertz CT molecular complexity index is 541. The van der Waals surface area contributed by atoms with Gasteiger partial charge in [-0.3, -0.25) is 4.79 Å². The molecule has 0 fully saturated rings. The molecule has 0 radical (unpaired) electrons. The molecule has 1 amide bonds. The van der Waals surface area contributed by atoms with Gasteiger partial charge in [-0.25, -0.2) is 0 Å². The Labute approximate surface area is 115 Å². The summed E-state index contributed by atoms with van der Waals surface area (Å²) in [6, 6.07) is 5.47. The van der Waals surface area contributed by atoms with E-state index < -0.39 is 5.60 Å². The van der Waals surface area contributed by atoms with Crippen LogP contribution in [-0.2, 0) is 10.4 Å². The minimum atomic E-state index is -1.05. The fourth-order valence-electron chi connectivity index (χ4n) is 1.53. The molecule has 4 nitrogen and oxygen atoms in total. The summed E-state index contributed by atoms with van der Waals surface area (Å²) in [5.41, 5.74) is -0.229. The number of amides is 1. The SMILES string of the molecule is CC(O)(CNC(=O)C=Cc1ccoc1)c1cccs1. The van der Waals surface area contributed by atoms with Crippen molar-refractivity contribution in [1.29, 1.82) is 0 Å². The highest BCUT2D eigenvalue weighted by Crippen LogP contribution is 2.24. The van der Waals surface area contributed by atoms with E-state index in [1.165, 1.54) is 17.4 Å². The van der Waals surface area contributed by atoms with Crippen molar-refractivity contribution < 1.29 is 14.3 Å². The smallest absolute Gasteiger partial charge is 0.244 e. The lowest BCUT2D eigenvalue weighted by Gasteiger charge is -2.21. The molecule has 2 aromatic heterocycles. The second kappa shape index (κ2) is 5.86. The van der Waals surface area contributed by atoms with E-state index in [1.54, 1.807) is 31.6 Å². The van der Waals surface area contributed by atoms with Crippen LogP contribution in [0.4, 0.5) is 0 Å². The Morgan fingerprint density at radius 3 is 3.05 bits per heavy atom. The van der Waals surface area contributed by atoms with Crippen molar-refractivity contribution in [3.63, 3.8) is 0 Å². The first kappa shape index (κ1) is 13.6. The molecule has 0 saturated heterocycles. The fraction of sp³-hybridized carbons (Fsp3) is 0.214. The highest BCUT2D eigenvalue weighted by molar-refractivity contribution is 7.10. The van der Waals surface area contributed by atoms with Crippen molar-refractivity contribution in [3.05, 3.63) is 52.6 Å². The molecule has 0 spiro atoms. The average molecular weight is 277 g/mol. The molecule has 5 heteroatoms. The molecular weight excluding hydrogens is 262 g/mol. The summed E-state index contributed by atoms with van der Waals surface area (Å²) >= 11 is 1.46. The van der Waals surface area contributed by atoms with Gasteiger partial charge in [-0.2, -0.15) is 0 Å². The van der Waals surface area contributed by atoms with Gasteiger partial charge in [-0.15, -0.1) is 11.3 Å². The second-order valence-electron chi connectivity index (χ2n) is 4.36. The number of aliphatic hydroxyl groups is 1. The monoisotopic (exact) mass is 277 g/mol. The molecule has 0 aromatic carbocycles. The van der Waals surface area contributed by atoms with Crippen LogP contribution >= 0.6 is 11.3 Å². The van der Waals surface area contributed by atoms with Crippen molar-refractivity contribution in [2.75, 3.05) is 6.54 Å². The lowest BCUT2D eigenvalue weighted by atomic mass is 10.1. The highest BCUT2D eigenvalue weighted by Gasteiger charge is 2.24. The van der Waals surface area contributed by atoms with Crippen molar-refractivity contribution in [1.82, 2.24) is 5.32 Å². The Morgan fingerprint density at radius 1 is 1.58 bits per heavy atom.